The van der Waals surface area contributed by atoms with E-state index in [0.717, 1.165) is 24.3 Å². The summed E-state index contributed by atoms with van der Waals surface area (Å²) in [7, 11) is -3.43. The quantitative estimate of drug-likeness (QED) is 0.680. The summed E-state index contributed by atoms with van der Waals surface area (Å²) in [6.45, 7) is 4.18. The molecule has 1 heterocycles. The van der Waals surface area contributed by atoms with Gasteiger partial charge >= 0.3 is 0 Å². The molecule has 0 spiro atoms. The van der Waals surface area contributed by atoms with Crippen molar-refractivity contribution in [3.63, 3.8) is 0 Å². The third-order valence-corrected chi connectivity index (χ3v) is 6.18. The minimum atomic E-state index is -3.43. The number of nitrogens with one attached hydrogen (secondary N) is 2. The summed E-state index contributed by atoms with van der Waals surface area (Å²) >= 11 is 1.46. The number of rotatable bonds is 9. The molecule has 120 valence electrons. The molecule has 7 heteroatoms. The largest absolute Gasteiger partial charge is 0.377 e. The van der Waals surface area contributed by atoms with Crippen molar-refractivity contribution in [1.29, 1.82) is 0 Å². The molecule has 1 aliphatic rings. The topological polar surface area (TPSA) is 67.4 Å². The zero-order valence-electron chi connectivity index (χ0n) is 12.4. The smallest absolute Gasteiger partial charge is 0.241 e. The van der Waals surface area contributed by atoms with Crippen LogP contribution in [0.3, 0.4) is 0 Å². The third kappa shape index (κ3) is 5.03. The van der Waals surface area contributed by atoms with Crippen LogP contribution in [-0.2, 0) is 21.3 Å². The van der Waals surface area contributed by atoms with Gasteiger partial charge in [0.2, 0.25) is 10.0 Å². The maximum atomic E-state index is 12.3. The first-order valence-electron chi connectivity index (χ1n) is 7.52. The van der Waals surface area contributed by atoms with Gasteiger partial charge in [-0.3, -0.25) is 0 Å². The van der Waals surface area contributed by atoms with E-state index in [2.05, 4.69) is 10.0 Å². The fraction of sp³-hybridized carbons (Fsp3) is 0.714. The highest BCUT2D eigenvalue weighted by atomic mass is 32.2. The highest BCUT2D eigenvalue weighted by Gasteiger charge is 2.20. The van der Waals surface area contributed by atoms with Crippen molar-refractivity contribution in [1.82, 2.24) is 10.0 Å². The third-order valence-electron chi connectivity index (χ3n) is 3.58. The molecule has 0 aliphatic heterocycles. The van der Waals surface area contributed by atoms with Gasteiger partial charge in [0.15, 0.2) is 0 Å². The van der Waals surface area contributed by atoms with E-state index in [4.69, 9.17) is 4.74 Å². The lowest BCUT2D eigenvalue weighted by Crippen LogP contribution is -2.29. The normalized spacial score (nSPS) is 16.6. The van der Waals surface area contributed by atoms with E-state index in [1.807, 2.05) is 12.3 Å². The number of thiophene rings is 1. The first kappa shape index (κ1) is 16.9. The highest BCUT2D eigenvalue weighted by molar-refractivity contribution is 7.89. The average Bonchev–Trinajstić information content (AvgIpc) is 3.12. The summed E-state index contributed by atoms with van der Waals surface area (Å²) in [6.07, 6.45) is 4.96. The van der Waals surface area contributed by atoms with E-state index in [1.165, 1.54) is 24.2 Å². The molecule has 2 N–H and O–H groups in total. The Morgan fingerprint density at radius 2 is 2.14 bits per heavy atom. The van der Waals surface area contributed by atoms with Crippen LogP contribution in [0.1, 0.15) is 37.5 Å². The Kier molecular flexibility index (Phi) is 6.63. The fourth-order valence-electron chi connectivity index (χ4n) is 2.47. The fourth-order valence-corrected chi connectivity index (χ4v) is 4.89. The van der Waals surface area contributed by atoms with Crippen molar-refractivity contribution in [2.75, 3.05) is 19.7 Å². The van der Waals surface area contributed by atoms with Crippen LogP contribution < -0.4 is 10.0 Å². The molecular formula is C14H24N2O3S2. The van der Waals surface area contributed by atoms with Gasteiger partial charge in [0.1, 0.15) is 0 Å². The van der Waals surface area contributed by atoms with E-state index in [0.29, 0.717) is 30.7 Å². The molecule has 1 aliphatic carbocycles. The molecule has 0 saturated heterocycles. The molecule has 0 aromatic carbocycles. The molecule has 0 radical (unpaired) electrons. The Hall–Kier alpha value is -0.470. The molecule has 0 bridgehead atoms. The molecular weight excluding hydrogens is 308 g/mol. The Morgan fingerprint density at radius 3 is 2.86 bits per heavy atom. The summed E-state index contributed by atoms with van der Waals surface area (Å²) in [4.78, 5) is 1.23. The van der Waals surface area contributed by atoms with Crippen molar-refractivity contribution in [2.45, 2.75) is 50.2 Å². The molecule has 21 heavy (non-hydrogen) atoms. The molecule has 0 atom stereocenters. The van der Waals surface area contributed by atoms with Crippen molar-refractivity contribution in [3.8, 4) is 0 Å². The second-order valence-electron chi connectivity index (χ2n) is 5.16. The standard InChI is InChI=1S/C14H24N2O3S2/c1-2-15-11-13-14(7-10-20-13)21(17,18)16-8-9-19-12-5-3-4-6-12/h7,10,12,15-16H,2-6,8-9,11H2,1H3. The van der Waals surface area contributed by atoms with Gasteiger partial charge in [-0.25, -0.2) is 13.1 Å². The summed E-state index contributed by atoms with van der Waals surface area (Å²) in [6, 6.07) is 1.66. The first-order chi connectivity index (χ1) is 10.1. The molecule has 1 aromatic rings. The Bertz CT molecular complexity index is 522. The van der Waals surface area contributed by atoms with Gasteiger partial charge in [-0.15, -0.1) is 11.3 Å². The van der Waals surface area contributed by atoms with Gasteiger partial charge in [0.25, 0.3) is 0 Å². The Balaban J connectivity index is 1.81. The summed E-state index contributed by atoms with van der Waals surface area (Å²) in [5, 5.41) is 4.98. The van der Waals surface area contributed by atoms with Crippen molar-refractivity contribution in [2.24, 2.45) is 0 Å². The molecule has 0 unspecified atom stereocenters. The van der Waals surface area contributed by atoms with Crippen LogP contribution in [0.15, 0.2) is 16.3 Å². The second-order valence-corrected chi connectivity index (χ2v) is 7.90. The maximum absolute atomic E-state index is 12.3. The highest BCUT2D eigenvalue weighted by Crippen LogP contribution is 2.22. The van der Waals surface area contributed by atoms with Crippen molar-refractivity contribution >= 4 is 21.4 Å². The van der Waals surface area contributed by atoms with Gasteiger partial charge in [0, 0.05) is 18.0 Å². The lowest BCUT2D eigenvalue weighted by Gasteiger charge is -2.12. The van der Waals surface area contributed by atoms with E-state index in [9.17, 15) is 8.42 Å². The predicted molar refractivity (Wildman–Crippen MR) is 85.1 cm³/mol. The van der Waals surface area contributed by atoms with E-state index in [1.54, 1.807) is 6.07 Å². The summed E-state index contributed by atoms with van der Waals surface area (Å²) in [5.41, 5.74) is 0. The van der Waals surface area contributed by atoms with Crippen LogP contribution in [0.25, 0.3) is 0 Å². The van der Waals surface area contributed by atoms with Crippen molar-refractivity contribution in [3.05, 3.63) is 16.3 Å². The zero-order valence-corrected chi connectivity index (χ0v) is 14.1. The van der Waals surface area contributed by atoms with Crippen LogP contribution in [-0.4, -0.2) is 34.2 Å². The van der Waals surface area contributed by atoms with Gasteiger partial charge in [0.05, 0.1) is 17.6 Å². The van der Waals surface area contributed by atoms with E-state index < -0.39 is 10.0 Å². The van der Waals surface area contributed by atoms with Crippen LogP contribution in [0.2, 0.25) is 0 Å². The lowest BCUT2D eigenvalue weighted by molar-refractivity contribution is 0.0626. The van der Waals surface area contributed by atoms with E-state index >= 15 is 0 Å². The minimum absolute atomic E-state index is 0.319. The monoisotopic (exact) mass is 332 g/mol. The van der Waals surface area contributed by atoms with Crippen LogP contribution in [0.5, 0.6) is 0 Å². The molecule has 2 rings (SSSR count). The second kappa shape index (κ2) is 8.24. The molecule has 1 aromatic heterocycles. The van der Waals surface area contributed by atoms with Gasteiger partial charge in [-0.05, 0) is 30.8 Å². The summed E-state index contributed by atoms with van der Waals surface area (Å²) in [5.74, 6) is 0. The van der Waals surface area contributed by atoms with Gasteiger partial charge in [-0.2, -0.15) is 0 Å². The average molecular weight is 332 g/mol. The van der Waals surface area contributed by atoms with E-state index in [-0.39, 0.29) is 0 Å². The van der Waals surface area contributed by atoms with Crippen LogP contribution >= 0.6 is 11.3 Å². The minimum Gasteiger partial charge on any atom is -0.377 e. The Labute approximate surface area is 131 Å². The maximum Gasteiger partial charge on any atom is 0.241 e. The van der Waals surface area contributed by atoms with Crippen molar-refractivity contribution < 1.29 is 13.2 Å². The first-order valence-corrected chi connectivity index (χ1v) is 9.88. The predicted octanol–water partition coefficient (Wildman–Crippen LogP) is 2.10. The lowest BCUT2D eigenvalue weighted by atomic mass is 10.3. The number of hydrogen-bond donors (Lipinski definition) is 2. The number of ether oxygens (including phenoxy) is 1. The van der Waals surface area contributed by atoms with Gasteiger partial charge < -0.3 is 10.1 Å². The van der Waals surface area contributed by atoms with Gasteiger partial charge in [-0.1, -0.05) is 19.8 Å². The van der Waals surface area contributed by atoms with Crippen LogP contribution in [0, 0.1) is 0 Å². The zero-order chi connectivity index (χ0) is 15.1. The molecule has 1 saturated carbocycles. The van der Waals surface area contributed by atoms with Crippen LogP contribution in [0.4, 0.5) is 0 Å². The number of sulfonamides is 1. The Morgan fingerprint density at radius 1 is 1.38 bits per heavy atom. The SMILES string of the molecule is CCNCc1sccc1S(=O)(=O)NCCOC1CCCC1. The molecule has 0 amide bonds. The molecule has 5 nitrogen and oxygen atoms in total. The number of hydrogen-bond acceptors (Lipinski definition) is 5. The molecule has 1 fully saturated rings. The summed E-state index contributed by atoms with van der Waals surface area (Å²) < 4.78 is 32.9.